The molecule has 4 N–H and O–H groups in total. The lowest BCUT2D eigenvalue weighted by Gasteiger charge is -2.04. The number of hydrogen-bond donors (Lipinski definition) is 3. The molecule has 112 valence electrons. The molecule has 1 amide bonds. The number of anilines is 1. The number of nitrogen functional groups attached to an aromatic ring is 1. The van der Waals surface area contributed by atoms with Crippen molar-refractivity contribution in [2.45, 2.75) is 32.7 Å². The van der Waals surface area contributed by atoms with Crippen molar-refractivity contribution >= 4 is 11.7 Å². The molecule has 21 heavy (non-hydrogen) atoms. The number of nitrogens with one attached hydrogen (secondary N) is 1. The molecule has 9 heteroatoms. The van der Waals surface area contributed by atoms with E-state index >= 15 is 0 Å². The van der Waals surface area contributed by atoms with Crippen LogP contribution in [0.3, 0.4) is 0 Å². The van der Waals surface area contributed by atoms with Gasteiger partial charge in [0.1, 0.15) is 11.6 Å². The first-order valence-electron chi connectivity index (χ1n) is 6.48. The molecule has 0 aliphatic carbocycles. The number of hydroxylamine groups is 1. The normalized spacial score (nSPS) is 10.6. The molecule has 0 radical (unpaired) electrons. The first-order chi connectivity index (χ1) is 10.1. The predicted molar refractivity (Wildman–Crippen MR) is 73.2 cm³/mol. The van der Waals surface area contributed by atoms with Crippen molar-refractivity contribution in [3.63, 3.8) is 0 Å². The van der Waals surface area contributed by atoms with Crippen molar-refractivity contribution in [2.24, 2.45) is 0 Å². The van der Waals surface area contributed by atoms with E-state index in [9.17, 15) is 4.79 Å². The third-order valence-electron chi connectivity index (χ3n) is 2.90. The Morgan fingerprint density at radius 3 is 3.05 bits per heavy atom. The highest BCUT2D eigenvalue weighted by Gasteiger charge is 2.07. The Balaban J connectivity index is 1.92. The van der Waals surface area contributed by atoms with E-state index in [1.807, 2.05) is 0 Å². The lowest BCUT2D eigenvalue weighted by molar-refractivity contribution is -0.129. The average Bonchev–Trinajstić information content (AvgIpc) is 2.89. The number of aromatic nitrogens is 5. The van der Waals surface area contributed by atoms with E-state index in [0.29, 0.717) is 31.0 Å². The molecule has 0 aliphatic heterocycles. The molecule has 0 bridgehead atoms. The summed E-state index contributed by atoms with van der Waals surface area (Å²) in [7, 11) is 0. The van der Waals surface area contributed by atoms with E-state index in [0.717, 1.165) is 11.3 Å². The maximum Gasteiger partial charge on any atom is 0.243 e. The topological polar surface area (TPSA) is 132 Å². The number of aryl methyl sites for hydroxylation is 2. The smallest absolute Gasteiger partial charge is 0.243 e. The van der Waals surface area contributed by atoms with Crippen LogP contribution in [-0.4, -0.2) is 36.1 Å². The van der Waals surface area contributed by atoms with Crippen LogP contribution >= 0.6 is 0 Å². The van der Waals surface area contributed by atoms with Gasteiger partial charge in [-0.25, -0.2) is 20.1 Å². The minimum Gasteiger partial charge on any atom is -0.383 e. The summed E-state index contributed by atoms with van der Waals surface area (Å²) in [6.07, 6.45) is 4.89. The first-order valence-corrected chi connectivity index (χ1v) is 6.48. The lowest BCUT2D eigenvalue weighted by Crippen LogP contribution is -2.18. The van der Waals surface area contributed by atoms with Crippen molar-refractivity contribution in [1.29, 1.82) is 0 Å². The fraction of sp³-hybridized carbons (Fsp3) is 0.417. The SMILES string of the molecule is Cc1ncc(Cn2cc(CCCC(=O)NO)nn2)c(N)n1. The Morgan fingerprint density at radius 1 is 1.52 bits per heavy atom. The zero-order valence-corrected chi connectivity index (χ0v) is 11.7. The molecule has 0 atom stereocenters. The molecule has 0 saturated heterocycles. The van der Waals surface area contributed by atoms with Gasteiger partial charge in [-0.1, -0.05) is 5.21 Å². The van der Waals surface area contributed by atoms with E-state index in [1.165, 1.54) is 0 Å². The number of carbonyl (C=O) groups excluding carboxylic acids is 1. The Labute approximate surface area is 121 Å². The van der Waals surface area contributed by atoms with Crippen LogP contribution in [0.15, 0.2) is 12.4 Å². The first kappa shape index (κ1) is 14.9. The summed E-state index contributed by atoms with van der Waals surface area (Å²) < 4.78 is 1.64. The molecule has 2 heterocycles. The average molecular weight is 291 g/mol. The maximum atomic E-state index is 10.9. The summed E-state index contributed by atoms with van der Waals surface area (Å²) >= 11 is 0. The van der Waals surface area contributed by atoms with E-state index in [2.05, 4.69) is 20.3 Å². The fourth-order valence-corrected chi connectivity index (χ4v) is 1.83. The highest BCUT2D eigenvalue weighted by Crippen LogP contribution is 2.09. The fourth-order valence-electron chi connectivity index (χ4n) is 1.83. The number of nitrogens with two attached hydrogens (primary N) is 1. The summed E-state index contributed by atoms with van der Waals surface area (Å²) in [5, 5.41) is 16.4. The number of rotatable bonds is 6. The highest BCUT2D eigenvalue weighted by molar-refractivity contribution is 5.74. The van der Waals surface area contributed by atoms with Crippen LogP contribution < -0.4 is 11.2 Å². The summed E-state index contributed by atoms with van der Waals surface area (Å²) in [6.45, 7) is 2.21. The Kier molecular flexibility index (Phi) is 4.77. The summed E-state index contributed by atoms with van der Waals surface area (Å²) in [4.78, 5) is 19.1. The molecular weight excluding hydrogens is 274 g/mol. The van der Waals surface area contributed by atoms with Gasteiger partial charge in [0.15, 0.2) is 0 Å². The van der Waals surface area contributed by atoms with Gasteiger partial charge in [-0.15, -0.1) is 5.10 Å². The van der Waals surface area contributed by atoms with Crippen molar-refractivity contribution in [3.8, 4) is 0 Å². The number of carbonyl (C=O) groups is 1. The summed E-state index contributed by atoms with van der Waals surface area (Å²) in [6, 6.07) is 0. The molecule has 0 fully saturated rings. The van der Waals surface area contributed by atoms with E-state index in [1.54, 1.807) is 29.5 Å². The van der Waals surface area contributed by atoms with Gasteiger partial charge in [0.05, 0.1) is 12.2 Å². The Bertz CT molecular complexity index is 626. The van der Waals surface area contributed by atoms with Crippen LogP contribution in [0, 0.1) is 6.92 Å². The molecule has 0 unspecified atom stereocenters. The van der Waals surface area contributed by atoms with Gasteiger partial charge in [-0.2, -0.15) is 0 Å². The van der Waals surface area contributed by atoms with Crippen molar-refractivity contribution in [1.82, 2.24) is 30.4 Å². The van der Waals surface area contributed by atoms with Gasteiger partial charge in [0, 0.05) is 24.4 Å². The van der Waals surface area contributed by atoms with Crippen molar-refractivity contribution < 1.29 is 10.0 Å². The van der Waals surface area contributed by atoms with Crippen LogP contribution in [0.4, 0.5) is 5.82 Å². The van der Waals surface area contributed by atoms with Gasteiger partial charge >= 0.3 is 0 Å². The van der Waals surface area contributed by atoms with Crippen LogP contribution in [0.2, 0.25) is 0 Å². The van der Waals surface area contributed by atoms with Crippen molar-refractivity contribution in [2.75, 3.05) is 5.73 Å². The molecular formula is C12H17N7O2. The minimum atomic E-state index is -0.410. The number of amides is 1. The van der Waals surface area contributed by atoms with E-state index in [-0.39, 0.29) is 6.42 Å². The third kappa shape index (κ3) is 4.21. The number of nitrogens with zero attached hydrogens (tertiary/aromatic N) is 5. The second kappa shape index (κ2) is 6.75. The molecule has 9 nitrogen and oxygen atoms in total. The second-order valence-electron chi connectivity index (χ2n) is 4.62. The molecule has 0 aromatic carbocycles. The standard InChI is InChI=1S/C12H17N7O2/c1-8-14-5-9(12(13)15-8)6-19-7-10(16-18-19)3-2-4-11(20)17-21/h5,7,21H,2-4,6H2,1H3,(H,17,20)(H2,13,14,15). The van der Waals surface area contributed by atoms with Gasteiger partial charge < -0.3 is 5.73 Å². The largest absolute Gasteiger partial charge is 0.383 e. The number of hydrogen-bond acceptors (Lipinski definition) is 7. The van der Waals surface area contributed by atoms with Gasteiger partial charge in [0.25, 0.3) is 0 Å². The van der Waals surface area contributed by atoms with Crippen LogP contribution in [-0.2, 0) is 17.8 Å². The zero-order chi connectivity index (χ0) is 15.2. The van der Waals surface area contributed by atoms with Gasteiger partial charge in [-0.05, 0) is 19.8 Å². The molecule has 2 aromatic rings. The summed E-state index contributed by atoms with van der Waals surface area (Å²) in [5.74, 6) is 0.642. The summed E-state index contributed by atoms with van der Waals surface area (Å²) in [5.41, 5.74) is 8.96. The molecule has 0 spiro atoms. The highest BCUT2D eigenvalue weighted by atomic mass is 16.5. The minimum absolute atomic E-state index is 0.238. The quantitative estimate of drug-likeness (QED) is 0.497. The van der Waals surface area contributed by atoms with E-state index < -0.39 is 5.91 Å². The van der Waals surface area contributed by atoms with Crippen LogP contribution in [0.1, 0.15) is 29.9 Å². The Hall–Kier alpha value is -2.55. The monoisotopic (exact) mass is 291 g/mol. The molecule has 0 aliphatic rings. The van der Waals surface area contributed by atoms with Gasteiger partial charge in [-0.3, -0.25) is 10.0 Å². The maximum absolute atomic E-state index is 10.9. The van der Waals surface area contributed by atoms with Crippen molar-refractivity contribution in [3.05, 3.63) is 29.5 Å². The molecule has 0 saturated carbocycles. The second-order valence-corrected chi connectivity index (χ2v) is 4.62. The molecule has 2 rings (SSSR count). The molecule has 2 aromatic heterocycles. The van der Waals surface area contributed by atoms with E-state index in [4.69, 9.17) is 10.9 Å². The van der Waals surface area contributed by atoms with Crippen LogP contribution in [0.5, 0.6) is 0 Å². The lowest BCUT2D eigenvalue weighted by atomic mass is 10.2. The predicted octanol–water partition coefficient (Wildman–Crippen LogP) is -0.165. The third-order valence-corrected chi connectivity index (χ3v) is 2.90. The Morgan fingerprint density at radius 2 is 2.33 bits per heavy atom. The van der Waals surface area contributed by atoms with Crippen LogP contribution in [0.25, 0.3) is 0 Å². The van der Waals surface area contributed by atoms with Gasteiger partial charge in [0.2, 0.25) is 5.91 Å². The zero-order valence-electron chi connectivity index (χ0n) is 11.7.